The Morgan fingerprint density at radius 1 is 0.368 bits per heavy atom. The first-order valence-corrected chi connectivity index (χ1v) is 19.3. The highest BCUT2D eigenvalue weighted by Gasteiger charge is 2.17. The molecule has 10 aromatic rings. The minimum Gasteiger partial charge on any atom is -0.314 e. The van der Waals surface area contributed by atoms with Gasteiger partial charge in [-0.3, -0.25) is 0 Å². The van der Waals surface area contributed by atoms with Crippen LogP contribution in [0.3, 0.4) is 0 Å². The summed E-state index contributed by atoms with van der Waals surface area (Å²) in [6, 6.07) is 74.9. The van der Waals surface area contributed by atoms with Gasteiger partial charge in [0.15, 0.2) is 0 Å². The third kappa shape index (κ3) is 6.53. The maximum atomic E-state index is 5.13. The van der Waals surface area contributed by atoms with Crippen LogP contribution in [0.25, 0.3) is 72.4 Å². The number of benzene rings is 8. The minimum atomic E-state index is 0.865. The third-order valence-electron chi connectivity index (χ3n) is 10.7. The largest absolute Gasteiger partial charge is 0.314 e. The zero-order valence-electron chi connectivity index (χ0n) is 31.5. The van der Waals surface area contributed by atoms with E-state index >= 15 is 0 Å². The summed E-state index contributed by atoms with van der Waals surface area (Å²) < 4.78 is 2.35. The molecule has 57 heavy (non-hydrogen) atoms. The van der Waals surface area contributed by atoms with Crippen molar-refractivity contribution in [2.75, 3.05) is 4.90 Å². The van der Waals surface area contributed by atoms with E-state index in [-0.39, 0.29) is 0 Å². The Bertz CT molecular complexity index is 2990. The lowest BCUT2D eigenvalue weighted by molar-refractivity contribution is 1.05. The van der Waals surface area contributed by atoms with Crippen molar-refractivity contribution in [2.24, 2.45) is 0 Å². The average molecular weight is 731 g/mol. The fourth-order valence-corrected chi connectivity index (χ4v) is 7.93. The van der Waals surface area contributed by atoms with E-state index in [1.54, 1.807) is 0 Å². The van der Waals surface area contributed by atoms with E-state index in [9.17, 15) is 0 Å². The number of nitrogens with zero attached hydrogens (tertiary/aromatic N) is 4. The smallest absolute Gasteiger partial charge is 0.0973 e. The van der Waals surface area contributed by atoms with Gasteiger partial charge >= 0.3 is 0 Å². The van der Waals surface area contributed by atoms with Gasteiger partial charge in [-0.1, -0.05) is 127 Å². The van der Waals surface area contributed by atoms with Crippen LogP contribution in [0.15, 0.2) is 212 Å². The summed E-state index contributed by atoms with van der Waals surface area (Å²) in [6.07, 6.45) is 0. The van der Waals surface area contributed by atoms with E-state index in [0.717, 1.165) is 56.3 Å². The lowest BCUT2D eigenvalue weighted by Crippen LogP contribution is -2.10. The molecule has 0 aliphatic rings. The molecule has 8 aromatic carbocycles. The molecule has 0 atom stereocenters. The Morgan fingerprint density at radius 3 is 1.46 bits per heavy atom. The number of aryl methyl sites for hydroxylation is 1. The maximum absolute atomic E-state index is 5.13. The van der Waals surface area contributed by atoms with E-state index in [2.05, 4.69) is 186 Å². The van der Waals surface area contributed by atoms with Crippen LogP contribution < -0.4 is 4.90 Å². The highest BCUT2D eigenvalue weighted by atomic mass is 15.1. The van der Waals surface area contributed by atoms with Crippen LogP contribution in [-0.4, -0.2) is 14.5 Å². The molecule has 0 aliphatic carbocycles. The molecule has 0 N–H and O–H groups in total. The second-order valence-corrected chi connectivity index (χ2v) is 14.4. The van der Waals surface area contributed by atoms with Gasteiger partial charge in [0.05, 0.1) is 27.9 Å². The second-order valence-electron chi connectivity index (χ2n) is 14.4. The molecule has 0 amide bonds. The quantitative estimate of drug-likeness (QED) is 0.156. The van der Waals surface area contributed by atoms with Crippen molar-refractivity contribution >= 4 is 39.0 Å². The number of rotatable bonds is 8. The van der Waals surface area contributed by atoms with Gasteiger partial charge < -0.3 is 9.47 Å². The van der Waals surface area contributed by atoms with E-state index in [0.29, 0.717) is 0 Å². The summed E-state index contributed by atoms with van der Waals surface area (Å²) in [6.45, 7) is 2.19. The molecule has 270 valence electrons. The van der Waals surface area contributed by atoms with Crippen LogP contribution in [0, 0.1) is 6.92 Å². The molecule has 2 aromatic heterocycles. The van der Waals surface area contributed by atoms with Crippen LogP contribution in [0.1, 0.15) is 5.69 Å². The predicted molar refractivity (Wildman–Crippen MR) is 238 cm³/mol. The summed E-state index contributed by atoms with van der Waals surface area (Å²) in [5.74, 6) is 0. The summed E-state index contributed by atoms with van der Waals surface area (Å²) in [5.41, 5.74) is 17.1. The van der Waals surface area contributed by atoms with Gasteiger partial charge in [-0.25, -0.2) is 9.97 Å². The molecule has 0 saturated heterocycles. The highest BCUT2D eigenvalue weighted by molar-refractivity contribution is 5.90. The minimum absolute atomic E-state index is 0.865. The Kier molecular flexibility index (Phi) is 8.69. The molecule has 2 heterocycles. The molecule has 0 bridgehead atoms. The van der Waals surface area contributed by atoms with Crippen LogP contribution in [0.4, 0.5) is 17.1 Å². The Balaban J connectivity index is 0.985. The molecule has 0 radical (unpaired) electrons. The molecule has 0 unspecified atom stereocenters. The van der Waals surface area contributed by atoms with Crippen LogP contribution in [-0.2, 0) is 0 Å². The standard InChI is InChI=1S/C53H38N4/c1-37-34-44-36-43(42-19-13-18-41(35-42)38-14-5-2-6-15-38)26-33-51(44)56(37)46-29-31-48(32-30-46)57(45-20-9-4-10-21-45)47-27-24-40(25-28-47)53-52(39-16-7-3-8-17-39)54-49-22-11-12-23-50(49)55-53/h2-36H,1H3. The van der Waals surface area contributed by atoms with Crippen LogP contribution in [0.2, 0.25) is 0 Å². The first-order valence-electron chi connectivity index (χ1n) is 19.3. The lowest BCUT2D eigenvalue weighted by Gasteiger charge is -2.26. The fraction of sp³-hybridized carbons (Fsp3) is 0.0189. The molecule has 0 spiro atoms. The van der Waals surface area contributed by atoms with Crippen molar-refractivity contribution < 1.29 is 0 Å². The van der Waals surface area contributed by atoms with Crippen molar-refractivity contribution in [3.8, 4) is 50.5 Å². The Hall–Kier alpha value is -7.56. The lowest BCUT2D eigenvalue weighted by atomic mass is 9.98. The van der Waals surface area contributed by atoms with Crippen molar-refractivity contribution in [1.82, 2.24) is 14.5 Å². The fourth-order valence-electron chi connectivity index (χ4n) is 7.93. The van der Waals surface area contributed by atoms with E-state index in [4.69, 9.17) is 9.97 Å². The van der Waals surface area contributed by atoms with Gasteiger partial charge in [-0.05, 0) is 114 Å². The molecule has 4 heteroatoms. The van der Waals surface area contributed by atoms with Gasteiger partial charge in [0.1, 0.15) is 0 Å². The number of fused-ring (bicyclic) bond motifs is 2. The zero-order chi connectivity index (χ0) is 38.1. The first kappa shape index (κ1) is 34.0. The molecule has 0 saturated carbocycles. The number of para-hydroxylation sites is 3. The highest BCUT2D eigenvalue weighted by Crippen LogP contribution is 2.38. The van der Waals surface area contributed by atoms with Gasteiger partial charge in [0.2, 0.25) is 0 Å². The summed E-state index contributed by atoms with van der Waals surface area (Å²) >= 11 is 0. The zero-order valence-corrected chi connectivity index (χ0v) is 31.5. The summed E-state index contributed by atoms with van der Waals surface area (Å²) in [5, 5.41) is 1.22. The van der Waals surface area contributed by atoms with Crippen molar-refractivity contribution in [1.29, 1.82) is 0 Å². The number of anilines is 3. The third-order valence-corrected chi connectivity index (χ3v) is 10.7. The van der Waals surface area contributed by atoms with Gasteiger partial charge in [0.25, 0.3) is 0 Å². The number of aromatic nitrogens is 3. The number of hydrogen-bond donors (Lipinski definition) is 0. The number of hydrogen-bond acceptors (Lipinski definition) is 3. The summed E-state index contributed by atoms with van der Waals surface area (Å²) in [7, 11) is 0. The van der Waals surface area contributed by atoms with Crippen LogP contribution >= 0.6 is 0 Å². The van der Waals surface area contributed by atoms with E-state index in [1.165, 1.54) is 38.9 Å². The molecule has 0 aliphatic heterocycles. The van der Waals surface area contributed by atoms with Crippen LogP contribution in [0.5, 0.6) is 0 Å². The van der Waals surface area contributed by atoms with E-state index in [1.807, 2.05) is 42.5 Å². The SMILES string of the molecule is Cc1cc2cc(-c3cccc(-c4ccccc4)c3)ccc2n1-c1ccc(N(c2ccccc2)c2ccc(-c3nc4ccccc4nc3-c3ccccc3)cc2)cc1. The molecular formula is C53H38N4. The maximum Gasteiger partial charge on any atom is 0.0973 e. The van der Waals surface area contributed by atoms with Crippen molar-refractivity contribution in [3.63, 3.8) is 0 Å². The van der Waals surface area contributed by atoms with E-state index < -0.39 is 0 Å². The normalized spacial score (nSPS) is 11.2. The molecule has 0 fully saturated rings. The predicted octanol–water partition coefficient (Wildman–Crippen LogP) is 14.0. The van der Waals surface area contributed by atoms with Gasteiger partial charge in [-0.15, -0.1) is 0 Å². The molecular weight excluding hydrogens is 693 g/mol. The van der Waals surface area contributed by atoms with Gasteiger partial charge in [0, 0.05) is 45.0 Å². The van der Waals surface area contributed by atoms with Gasteiger partial charge in [-0.2, -0.15) is 0 Å². The Morgan fingerprint density at radius 2 is 0.825 bits per heavy atom. The second kappa shape index (κ2) is 14.6. The monoisotopic (exact) mass is 730 g/mol. The summed E-state index contributed by atoms with van der Waals surface area (Å²) in [4.78, 5) is 12.5. The molecule has 4 nitrogen and oxygen atoms in total. The Labute approximate surface area is 332 Å². The first-order chi connectivity index (χ1) is 28.2. The van der Waals surface area contributed by atoms with Crippen molar-refractivity contribution in [2.45, 2.75) is 6.92 Å². The topological polar surface area (TPSA) is 34.0 Å². The average Bonchev–Trinajstić information content (AvgIpc) is 3.62. The van der Waals surface area contributed by atoms with Crippen molar-refractivity contribution in [3.05, 3.63) is 218 Å². The molecule has 10 rings (SSSR count).